The van der Waals surface area contributed by atoms with Gasteiger partial charge in [-0.05, 0) is 12.8 Å². The van der Waals surface area contributed by atoms with Gasteiger partial charge in [0, 0.05) is 6.04 Å². The Morgan fingerprint density at radius 2 is 1.60 bits per heavy atom. The molecule has 0 saturated heterocycles. The third-order valence-corrected chi connectivity index (χ3v) is 1.98. The molecule has 1 saturated carbocycles. The normalized spacial score (nSPS) is 49.2. The lowest BCUT2D eigenvalue weighted by atomic mass is 9.88. The third-order valence-electron chi connectivity index (χ3n) is 1.98. The first-order chi connectivity index (χ1) is 4.63. The van der Waals surface area contributed by atoms with E-state index in [-0.39, 0.29) is 0 Å². The Bertz CT molecular complexity index is 106. The van der Waals surface area contributed by atoms with Gasteiger partial charge in [-0.3, -0.25) is 0 Å². The van der Waals surface area contributed by atoms with Crippen LogP contribution in [0.5, 0.6) is 0 Å². The SMILES string of the molecule is N[C@H]1CC[C@@H](O)[C@@H](O)[C@@H]1O. The van der Waals surface area contributed by atoms with Crippen molar-refractivity contribution < 1.29 is 15.3 Å². The minimum Gasteiger partial charge on any atom is -0.390 e. The van der Waals surface area contributed by atoms with E-state index in [0.29, 0.717) is 12.8 Å². The monoisotopic (exact) mass is 147 g/mol. The van der Waals surface area contributed by atoms with Gasteiger partial charge >= 0.3 is 0 Å². The summed E-state index contributed by atoms with van der Waals surface area (Å²) in [6.45, 7) is 0. The molecule has 0 unspecified atom stereocenters. The molecule has 0 heterocycles. The Morgan fingerprint density at radius 3 is 2.10 bits per heavy atom. The molecule has 1 fully saturated rings. The predicted octanol–water partition coefficient (Wildman–Crippen LogP) is -1.81. The van der Waals surface area contributed by atoms with E-state index < -0.39 is 24.4 Å². The van der Waals surface area contributed by atoms with Crippen LogP contribution in [0.4, 0.5) is 0 Å². The van der Waals surface area contributed by atoms with Gasteiger partial charge in [0.15, 0.2) is 0 Å². The zero-order valence-electron chi connectivity index (χ0n) is 5.64. The smallest absolute Gasteiger partial charge is 0.107 e. The lowest BCUT2D eigenvalue weighted by Crippen LogP contribution is -2.52. The molecule has 4 atom stereocenters. The highest BCUT2D eigenvalue weighted by atomic mass is 16.4. The molecule has 1 aliphatic carbocycles. The van der Waals surface area contributed by atoms with Gasteiger partial charge in [0.25, 0.3) is 0 Å². The minimum atomic E-state index is -1.07. The fourth-order valence-electron chi connectivity index (χ4n) is 1.19. The number of aliphatic hydroxyl groups excluding tert-OH is 3. The maximum atomic E-state index is 9.08. The average molecular weight is 147 g/mol. The molecule has 0 aromatic rings. The Labute approximate surface area is 59.3 Å². The van der Waals surface area contributed by atoms with Crippen molar-refractivity contribution in [3.05, 3.63) is 0 Å². The minimum absolute atomic E-state index is 0.390. The molecule has 0 amide bonds. The van der Waals surface area contributed by atoms with Crippen LogP contribution in [0.3, 0.4) is 0 Å². The fourth-order valence-corrected chi connectivity index (χ4v) is 1.19. The second-order valence-corrected chi connectivity index (χ2v) is 2.79. The van der Waals surface area contributed by atoms with E-state index >= 15 is 0 Å². The molecule has 5 N–H and O–H groups in total. The van der Waals surface area contributed by atoms with E-state index in [9.17, 15) is 0 Å². The summed E-state index contributed by atoms with van der Waals surface area (Å²) >= 11 is 0. The summed E-state index contributed by atoms with van der Waals surface area (Å²) in [4.78, 5) is 0. The molecule has 0 aliphatic heterocycles. The van der Waals surface area contributed by atoms with Crippen molar-refractivity contribution in [3.8, 4) is 0 Å². The highest BCUT2D eigenvalue weighted by Crippen LogP contribution is 2.17. The van der Waals surface area contributed by atoms with Crippen LogP contribution in [-0.2, 0) is 0 Å². The van der Waals surface area contributed by atoms with Gasteiger partial charge in [-0.1, -0.05) is 0 Å². The molecule has 4 heteroatoms. The number of hydrogen-bond acceptors (Lipinski definition) is 4. The maximum Gasteiger partial charge on any atom is 0.107 e. The number of nitrogens with two attached hydrogens (primary N) is 1. The van der Waals surface area contributed by atoms with Gasteiger partial charge in [-0.25, -0.2) is 0 Å². The van der Waals surface area contributed by atoms with Crippen molar-refractivity contribution in [1.82, 2.24) is 0 Å². The van der Waals surface area contributed by atoms with Crippen LogP contribution in [0.1, 0.15) is 12.8 Å². The number of aliphatic hydroxyl groups is 3. The Hall–Kier alpha value is -0.160. The van der Waals surface area contributed by atoms with E-state index in [1.54, 1.807) is 0 Å². The third kappa shape index (κ3) is 1.29. The van der Waals surface area contributed by atoms with E-state index in [2.05, 4.69) is 0 Å². The van der Waals surface area contributed by atoms with E-state index in [1.807, 2.05) is 0 Å². The summed E-state index contributed by atoms with van der Waals surface area (Å²) in [6.07, 6.45) is -1.80. The van der Waals surface area contributed by atoms with Crippen molar-refractivity contribution in [3.63, 3.8) is 0 Å². The van der Waals surface area contributed by atoms with E-state index in [4.69, 9.17) is 21.1 Å². The van der Waals surface area contributed by atoms with Gasteiger partial charge in [0.1, 0.15) is 6.10 Å². The molecule has 60 valence electrons. The van der Waals surface area contributed by atoms with Crippen LogP contribution in [-0.4, -0.2) is 39.7 Å². The Kier molecular flexibility index (Phi) is 2.25. The van der Waals surface area contributed by atoms with Gasteiger partial charge in [0.05, 0.1) is 12.2 Å². The number of rotatable bonds is 0. The highest BCUT2D eigenvalue weighted by Gasteiger charge is 2.34. The molecule has 10 heavy (non-hydrogen) atoms. The van der Waals surface area contributed by atoms with Crippen molar-refractivity contribution in [2.24, 2.45) is 5.73 Å². The zero-order chi connectivity index (χ0) is 7.72. The summed E-state index contributed by atoms with van der Waals surface area (Å²) < 4.78 is 0. The summed E-state index contributed by atoms with van der Waals surface area (Å²) in [6, 6.07) is -0.390. The standard InChI is InChI=1S/C6H13NO3/c7-3-1-2-4(8)6(10)5(3)9/h3-6,8-10H,1-2,7H2/t3-,4+,5+,6+/m0/s1. The topological polar surface area (TPSA) is 86.7 Å². The van der Waals surface area contributed by atoms with Crippen LogP contribution in [0.25, 0.3) is 0 Å². The summed E-state index contributed by atoms with van der Waals surface area (Å²) in [7, 11) is 0. The summed E-state index contributed by atoms with van der Waals surface area (Å²) in [5, 5.41) is 27.1. The molecule has 0 spiro atoms. The van der Waals surface area contributed by atoms with Gasteiger partial charge in [0.2, 0.25) is 0 Å². The Morgan fingerprint density at radius 1 is 1.00 bits per heavy atom. The van der Waals surface area contributed by atoms with Crippen LogP contribution >= 0.6 is 0 Å². The molecule has 1 rings (SSSR count). The van der Waals surface area contributed by atoms with Gasteiger partial charge in [-0.15, -0.1) is 0 Å². The van der Waals surface area contributed by atoms with Crippen LogP contribution in [0.2, 0.25) is 0 Å². The molecule has 0 bridgehead atoms. The molecule has 4 nitrogen and oxygen atoms in total. The van der Waals surface area contributed by atoms with Crippen LogP contribution in [0, 0.1) is 0 Å². The Balaban J connectivity index is 2.52. The summed E-state index contributed by atoms with van der Waals surface area (Å²) in [5.41, 5.74) is 5.41. The van der Waals surface area contributed by atoms with Crippen molar-refractivity contribution in [2.45, 2.75) is 37.2 Å². The molecular weight excluding hydrogens is 134 g/mol. The van der Waals surface area contributed by atoms with Crippen LogP contribution < -0.4 is 5.73 Å². The van der Waals surface area contributed by atoms with E-state index in [1.165, 1.54) is 0 Å². The quantitative estimate of drug-likeness (QED) is 0.325. The van der Waals surface area contributed by atoms with Gasteiger partial charge < -0.3 is 21.1 Å². The predicted molar refractivity (Wildman–Crippen MR) is 35.2 cm³/mol. The fraction of sp³-hybridized carbons (Fsp3) is 1.00. The first kappa shape index (κ1) is 7.94. The molecular formula is C6H13NO3. The lowest BCUT2D eigenvalue weighted by molar-refractivity contribution is -0.0924. The van der Waals surface area contributed by atoms with Gasteiger partial charge in [-0.2, -0.15) is 0 Å². The van der Waals surface area contributed by atoms with Crippen molar-refractivity contribution in [2.75, 3.05) is 0 Å². The molecule has 1 aliphatic rings. The maximum absolute atomic E-state index is 9.08. The first-order valence-electron chi connectivity index (χ1n) is 3.42. The largest absolute Gasteiger partial charge is 0.390 e. The zero-order valence-corrected chi connectivity index (χ0v) is 5.64. The van der Waals surface area contributed by atoms with Crippen molar-refractivity contribution in [1.29, 1.82) is 0 Å². The highest BCUT2D eigenvalue weighted by molar-refractivity contribution is 4.89. The molecule has 0 aromatic carbocycles. The van der Waals surface area contributed by atoms with Crippen molar-refractivity contribution >= 4 is 0 Å². The summed E-state index contributed by atoms with van der Waals surface area (Å²) in [5.74, 6) is 0. The van der Waals surface area contributed by atoms with Crippen LogP contribution in [0.15, 0.2) is 0 Å². The molecule has 0 radical (unpaired) electrons. The molecule has 0 aromatic heterocycles. The average Bonchev–Trinajstić information content (AvgIpc) is 1.93. The number of hydrogen-bond donors (Lipinski definition) is 4. The second kappa shape index (κ2) is 2.84. The van der Waals surface area contributed by atoms with E-state index in [0.717, 1.165) is 0 Å². The lowest BCUT2D eigenvalue weighted by Gasteiger charge is -2.32. The second-order valence-electron chi connectivity index (χ2n) is 2.79. The first-order valence-corrected chi connectivity index (χ1v) is 3.42.